The lowest BCUT2D eigenvalue weighted by Gasteiger charge is -2.28. The van der Waals surface area contributed by atoms with E-state index >= 15 is 0 Å². The largest absolute Gasteiger partial charge is 0.493 e. The molecule has 0 aliphatic rings. The van der Waals surface area contributed by atoms with Gasteiger partial charge in [-0.15, -0.1) is 0 Å². The fourth-order valence-electron chi connectivity index (χ4n) is 2.88. The number of benzene rings is 2. The van der Waals surface area contributed by atoms with Crippen molar-refractivity contribution < 1.29 is 19.1 Å². The van der Waals surface area contributed by atoms with E-state index in [9.17, 15) is 5.11 Å². The SMILES string of the molecule is COc1cc(-c2noc(C)n2)c(C(O)C(C)(C)C)cc1OCc1ccccc1. The zero-order valence-electron chi connectivity index (χ0n) is 16.9. The van der Waals surface area contributed by atoms with E-state index in [-0.39, 0.29) is 0 Å². The Balaban J connectivity index is 2.05. The molecule has 1 heterocycles. The second-order valence-corrected chi connectivity index (χ2v) is 7.77. The van der Waals surface area contributed by atoms with Gasteiger partial charge in [0, 0.05) is 12.5 Å². The van der Waals surface area contributed by atoms with Gasteiger partial charge in [-0.2, -0.15) is 4.98 Å². The van der Waals surface area contributed by atoms with Gasteiger partial charge in [-0.3, -0.25) is 0 Å². The summed E-state index contributed by atoms with van der Waals surface area (Å²) in [6.07, 6.45) is -0.758. The number of rotatable bonds is 6. The second kappa shape index (κ2) is 8.02. The van der Waals surface area contributed by atoms with Gasteiger partial charge >= 0.3 is 0 Å². The fraction of sp³-hybridized carbons (Fsp3) is 0.364. The van der Waals surface area contributed by atoms with E-state index in [1.807, 2.05) is 51.1 Å². The molecule has 0 saturated heterocycles. The lowest BCUT2D eigenvalue weighted by molar-refractivity contribution is 0.0628. The van der Waals surface area contributed by atoms with Crippen LogP contribution in [0.1, 0.15) is 43.9 Å². The normalized spacial score (nSPS) is 12.6. The zero-order valence-corrected chi connectivity index (χ0v) is 16.9. The smallest absolute Gasteiger partial charge is 0.223 e. The third kappa shape index (κ3) is 4.34. The Bertz CT molecular complexity index is 929. The summed E-state index contributed by atoms with van der Waals surface area (Å²) in [5, 5.41) is 15.0. The van der Waals surface area contributed by atoms with Crippen LogP contribution in [0.25, 0.3) is 11.4 Å². The van der Waals surface area contributed by atoms with E-state index in [0.29, 0.717) is 40.9 Å². The molecule has 0 fully saturated rings. The molecule has 3 rings (SSSR count). The van der Waals surface area contributed by atoms with Crippen molar-refractivity contribution in [3.63, 3.8) is 0 Å². The first-order valence-electron chi connectivity index (χ1n) is 9.17. The van der Waals surface area contributed by atoms with E-state index < -0.39 is 11.5 Å². The zero-order chi connectivity index (χ0) is 20.3. The Morgan fingerprint density at radius 2 is 1.82 bits per heavy atom. The third-order valence-corrected chi connectivity index (χ3v) is 4.46. The van der Waals surface area contributed by atoms with Gasteiger partial charge < -0.3 is 19.1 Å². The van der Waals surface area contributed by atoms with Crippen molar-refractivity contribution in [1.82, 2.24) is 10.1 Å². The molecule has 1 N–H and O–H groups in total. The van der Waals surface area contributed by atoms with Crippen LogP contribution in [0.3, 0.4) is 0 Å². The van der Waals surface area contributed by atoms with Crippen molar-refractivity contribution in [3.8, 4) is 22.9 Å². The lowest BCUT2D eigenvalue weighted by atomic mass is 9.82. The van der Waals surface area contributed by atoms with Crippen molar-refractivity contribution in [2.24, 2.45) is 5.41 Å². The molecule has 0 spiro atoms. The third-order valence-electron chi connectivity index (χ3n) is 4.46. The van der Waals surface area contributed by atoms with E-state index in [1.54, 1.807) is 26.2 Å². The molecule has 0 saturated carbocycles. The van der Waals surface area contributed by atoms with Crippen LogP contribution < -0.4 is 9.47 Å². The number of aliphatic hydroxyl groups is 1. The molecule has 3 aromatic rings. The van der Waals surface area contributed by atoms with E-state index in [1.165, 1.54) is 0 Å². The molecule has 1 unspecified atom stereocenters. The Morgan fingerprint density at radius 1 is 1.11 bits per heavy atom. The van der Waals surface area contributed by atoms with Crippen molar-refractivity contribution in [2.45, 2.75) is 40.4 Å². The van der Waals surface area contributed by atoms with Gasteiger partial charge in [-0.1, -0.05) is 56.3 Å². The highest BCUT2D eigenvalue weighted by molar-refractivity contribution is 5.66. The van der Waals surface area contributed by atoms with Gasteiger partial charge in [0.25, 0.3) is 0 Å². The number of ether oxygens (including phenoxy) is 2. The second-order valence-electron chi connectivity index (χ2n) is 7.77. The molecule has 0 amide bonds. The summed E-state index contributed by atoms with van der Waals surface area (Å²) in [4.78, 5) is 4.32. The Morgan fingerprint density at radius 3 is 2.39 bits per heavy atom. The highest BCUT2D eigenvalue weighted by Crippen LogP contribution is 2.43. The Kier molecular flexibility index (Phi) is 5.70. The molecular weight excluding hydrogens is 356 g/mol. The van der Waals surface area contributed by atoms with Crippen LogP contribution in [0, 0.1) is 12.3 Å². The first-order chi connectivity index (χ1) is 13.3. The first kappa shape index (κ1) is 19.9. The van der Waals surface area contributed by atoms with Crippen molar-refractivity contribution >= 4 is 0 Å². The van der Waals surface area contributed by atoms with Gasteiger partial charge in [0.1, 0.15) is 6.61 Å². The minimum absolute atomic E-state index is 0.390. The summed E-state index contributed by atoms with van der Waals surface area (Å²) < 4.78 is 16.7. The minimum atomic E-state index is -0.758. The van der Waals surface area contributed by atoms with E-state index in [2.05, 4.69) is 10.1 Å². The molecule has 148 valence electrons. The van der Waals surface area contributed by atoms with E-state index in [0.717, 1.165) is 5.56 Å². The van der Waals surface area contributed by atoms with Gasteiger partial charge in [-0.05, 0) is 28.7 Å². The first-order valence-corrected chi connectivity index (χ1v) is 9.17. The number of nitrogens with zero attached hydrogens (tertiary/aromatic N) is 2. The van der Waals surface area contributed by atoms with Crippen molar-refractivity contribution in [2.75, 3.05) is 7.11 Å². The number of aryl methyl sites for hydroxylation is 1. The maximum Gasteiger partial charge on any atom is 0.223 e. The van der Waals surface area contributed by atoms with Crippen molar-refractivity contribution in [1.29, 1.82) is 0 Å². The van der Waals surface area contributed by atoms with Crippen LogP contribution >= 0.6 is 0 Å². The number of hydrogen-bond acceptors (Lipinski definition) is 6. The predicted molar refractivity (Wildman–Crippen MR) is 106 cm³/mol. The topological polar surface area (TPSA) is 77.6 Å². The van der Waals surface area contributed by atoms with Crippen LogP contribution in [0.4, 0.5) is 0 Å². The van der Waals surface area contributed by atoms with Crippen LogP contribution in [-0.4, -0.2) is 22.4 Å². The maximum absolute atomic E-state index is 11.0. The van der Waals surface area contributed by atoms with Crippen LogP contribution in [0.5, 0.6) is 11.5 Å². The lowest BCUT2D eigenvalue weighted by Crippen LogP contribution is -2.19. The standard InChI is InChI=1S/C22H26N2O4/c1-14-23-21(24-28-14)17-12-18(26-5)19(11-16(17)20(25)22(2,3)4)27-13-15-9-7-6-8-10-15/h6-12,20,25H,13H2,1-5H3. The molecule has 6 heteroatoms. The highest BCUT2D eigenvalue weighted by atomic mass is 16.5. The molecule has 6 nitrogen and oxygen atoms in total. The number of aromatic nitrogens is 2. The molecule has 28 heavy (non-hydrogen) atoms. The molecule has 0 aliphatic carbocycles. The fourth-order valence-corrected chi connectivity index (χ4v) is 2.88. The average molecular weight is 382 g/mol. The Hall–Kier alpha value is -2.86. The predicted octanol–water partition coefficient (Wildman–Crippen LogP) is 4.71. The number of hydrogen-bond donors (Lipinski definition) is 1. The summed E-state index contributed by atoms with van der Waals surface area (Å²) >= 11 is 0. The molecule has 0 radical (unpaired) electrons. The molecule has 1 aromatic heterocycles. The molecule has 0 aliphatic heterocycles. The summed E-state index contributed by atoms with van der Waals surface area (Å²) in [7, 11) is 1.58. The quantitative estimate of drug-likeness (QED) is 0.665. The minimum Gasteiger partial charge on any atom is -0.493 e. The highest BCUT2D eigenvalue weighted by Gasteiger charge is 2.29. The summed E-state index contributed by atoms with van der Waals surface area (Å²) in [5.41, 5.74) is 1.97. The van der Waals surface area contributed by atoms with Crippen LogP contribution in [-0.2, 0) is 6.61 Å². The van der Waals surface area contributed by atoms with Gasteiger partial charge in [-0.25, -0.2) is 0 Å². The molecular formula is C22H26N2O4. The monoisotopic (exact) mass is 382 g/mol. The number of aliphatic hydroxyl groups excluding tert-OH is 1. The number of methoxy groups -OCH3 is 1. The van der Waals surface area contributed by atoms with E-state index in [4.69, 9.17) is 14.0 Å². The summed E-state index contributed by atoms with van der Waals surface area (Å²) in [6, 6.07) is 13.5. The van der Waals surface area contributed by atoms with Crippen LogP contribution in [0.15, 0.2) is 47.0 Å². The van der Waals surface area contributed by atoms with Crippen LogP contribution in [0.2, 0.25) is 0 Å². The van der Waals surface area contributed by atoms with Gasteiger partial charge in [0.05, 0.1) is 13.2 Å². The summed E-state index contributed by atoms with van der Waals surface area (Å²) in [6.45, 7) is 8.03. The van der Waals surface area contributed by atoms with Gasteiger partial charge in [0.15, 0.2) is 11.5 Å². The average Bonchev–Trinajstić information content (AvgIpc) is 3.11. The van der Waals surface area contributed by atoms with Crippen molar-refractivity contribution in [3.05, 3.63) is 59.5 Å². The molecule has 2 aromatic carbocycles. The van der Waals surface area contributed by atoms with Gasteiger partial charge in [0.2, 0.25) is 11.7 Å². The summed E-state index contributed by atoms with van der Waals surface area (Å²) in [5.74, 6) is 1.95. The molecule has 0 bridgehead atoms. The molecule has 1 atom stereocenters. The Labute approximate surface area is 165 Å². The maximum atomic E-state index is 11.0.